The van der Waals surface area contributed by atoms with Gasteiger partial charge in [-0.2, -0.15) is 4.98 Å². The van der Waals surface area contributed by atoms with Crippen LogP contribution in [-0.4, -0.2) is 26.7 Å². The molecule has 0 radical (unpaired) electrons. The number of hydrogen-bond acceptors (Lipinski definition) is 4. The standard InChI is InChI=1S/C23H23ClN4OS/c1-5-28-15(4)19(20(25-23(28)30)16-10-9-13(2)14(3)11-16)22-26-21(27-29-22)17-7-6-8-18(24)12-17/h6-12,20H,5H2,1-4H3,(H,25,30). The first-order valence-electron chi connectivity index (χ1n) is 9.85. The molecule has 1 unspecified atom stereocenters. The van der Waals surface area contributed by atoms with Gasteiger partial charge in [-0.05, 0) is 68.7 Å². The average Bonchev–Trinajstić information content (AvgIpc) is 3.19. The van der Waals surface area contributed by atoms with E-state index in [0.717, 1.165) is 28.9 Å². The summed E-state index contributed by atoms with van der Waals surface area (Å²) in [5.41, 5.74) is 6.31. The van der Waals surface area contributed by atoms with Crippen molar-refractivity contribution in [3.8, 4) is 11.4 Å². The second-order valence-electron chi connectivity index (χ2n) is 7.40. The van der Waals surface area contributed by atoms with Crippen molar-refractivity contribution >= 4 is 34.5 Å². The lowest BCUT2D eigenvalue weighted by atomic mass is 9.92. The molecule has 0 fully saturated rings. The van der Waals surface area contributed by atoms with E-state index >= 15 is 0 Å². The van der Waals surface area contributed by atoms with Gasteiger partial charge in [-0.1, -0.05) is 47.1 Å². The molecule has 0 bridgehead atoms. The van der Waals surface area contributed by atoms with Crippen molar-refractivity contribution in [2.75, 3.05) is 6.54 Å². The molecule has 2 heterocycles. The van der Waals surface area contributed by atoms with Crippen LogP contribution in [0.5, 0.6) is 0 Å². The number of halogens is 1. The van der Waals surface area contributed by atoms with Gasteiger partial charge in [0.25, 0.3) is 5.89 Å². The smallest absolute Gasteiger partial charge is 0.258 e. The van der Waals surface area contributed by atoms with Gasteiger partial charge in [0.1, 0.15) is 0 Å². The zero-order valence-corrected chi connectivity index (χ0v) is 18.9. The summed E-state index contributed by atoms with van der Waals surface area (Å²) >= 11 is 11.8. The molecule has 0 spiro atoms. The molecule has 4 rings (SSSR count). The quantitative estimate of drug-likeness (QED) is 0.528. The largest absolute Gasteiger partial charge is 0.351 e. The number of aromatic nitrogens is 2. The molecule has 1 aromatic heterocycles. The number of rotatable bonds is 4. The molecule has 0 aliphatic carbocycles. The number of nitrogens with zero attached hydrogens (tertiary/aromatic N) is 3. The van der Waals surface area contributed by atoms with Gasteiger partial charge in [0.2, 0.25) is 5.82 Å². The summed E-state index contributed by atoms with van der Waals surface area (Å²) in [6, 6.07) is 13.7. The van der Waals surface area contributed by atoms with Gasteiger partial charge in [0, 0.05) is 22.8 Å². The summed E-state index contributed by atoms with van der Waals surface area (Å²) in [4.78, 5) is 6.75. The van der Waals surface area contributed by atoms with Crippen LogP contribution in [0.3, 0.4) is 0 Å². The van der Waals surface area contributed by atoms with Crippen LogP contribution in [0.15, 0.2) is 52.7 Å². The summed E-state index contributed by atoms with van der Waals surface area (Å²) in [6.45, 7) is 9.07. The van der Waals surface area contributed by atoms with Crippen molar-refractivity contribution < 1.29 is 4.52 Å². The summed E-state index contributed by atoms with van der Waals surface area (Å²) in [5, 5.41) is 9.00. The number of benzene rings is 2. The number of nitrogens with one attached hydrogen (secondary N) is 1. The molecule has 2 aromatic carbocycles. The molecule has 0 saturated heterocycles. The molecule has 154 valence electrons. The third-order valence-corrected chi connectivity index (χ3v) is 6.09. The second-order valence-corrected chi connectivity index (χ2v) is 8.23. The molecule has 7 heteroatoms. The van der Waals surface area contributed by atoms with E-state index in [2.05, 4.69) is 49.4 Å². The van der Waals surface area contributed by atoms with Crippen molar-refractivity contribution in [2.45, 2.75) is 33.7 Å². The maximum absolute atomic E-state index is 6.13. The van der Waals surface area contributed by atoms with E-state index in [9.17, 15) is 0 Å². The van der Waals surface area contributed by atoms with E-state index in [0.29, 0.717) is 21.9 Å². The SMILES string of the molecule is CCN1C(=S)NC(c2ccc(C)c(C)c2)C(c2nc(-c3cccc(Cl)c3)no2)=C1C. The molecule has 1 N–H and O–H groups in total. The van der Waals surface area contributed by atoms with Crippen molar-refractivity contribution in [3.05, 3.63) is 75.8 Å². The Hall–Kier alpha value is -2.70. The summed E-state index contributed by atoms with van der Waals surface area (Å²) < 4.78 is 5.73. The van der Waals surface area contributed by atoms with Gasteiger partial charge < -0.3 is 14.7 Å². The highest BCUT2D eigenvalue weighted by molar-refractivity contribution is 7.80. The minimum atomic E-state index is -0.174. The highest BCUT2D eigenvalue weighted by Crippen LogP contribution is 2.37. The Labute approximate surface area is 186 Å². The van der Waals surface area contributed by atoms with Crippen LogP contribution in [0, 0.1) is 13.8 Å². The fraction of sp³-hybridized carbons (Fsp3) is 0.261. The maximum Gasteiger partial charge on any atom is 0.258 e. The van der Waals surface area contributed by atoms with Crippen LogP contribution in [0.25, 0.3) is 17.0 Å². The van der Waals surface area contributed by atoms with E-state index in [1.54, 1.807) is 0 Å². The molecular weight excluding hydrogens is 416 g/mol. The fourth-order valence-corrected chi connectivity index (χ4v) is 4.29. The Morgan fingerprint density at radius 2 is 1.93 bits per heavy atom. The number of hydrogen-bond donors (Lipinski definition) is 1. The molecule has 5 nitrogen and oxygen atoms in total. The number of aryl methyl sites for hydroxylation is 2. The van der Waals surface area contributed by atoms with Gasteiger partial charge in [-0.15, -0.1) is 0 Å². The monoisotopic (exact) mass is 438 g/mol. The molecule has 30 heavy (non-hydrogen) atoms. The first-order chi connectivity index (χ1) is 14.4. The average molecular weight is 439 g/mol. The lowest BCUT2D eigenvalue weighted by molar-refractivity contribution is 0.398. The van der Waals surface area contributed by atoms with E-state index in [-0.39, 0.29) is 6.04 Å². The van der Waals surface area contributed by atoms with Gasteiger partial charge >= 0.3 is 0 Å². The van der Waals surface area contributed by atoms with Gasteiger partial charge in [0.05, 0.1) is 11.6 Å². The maximum atomic E-state index is 6.13. The van der Waals surface area contributed by atoms with Crippen LogP contribution >= 0.6 is 23.8 Å². The summed E-state index contributed by atoms with van der Waals surface area (Å²) in [7, 11) is 0. The molecular formula is C23H23ClN4OS. The van der Waals surface area contributed by atoms with E-state index in [1.165, 1.54) is 11.1 Å². The Morgan fingerprint density at radius 3 is 2.63 bits per heavy atom. The second kappa shape index (κ2) is 8.20. The molecule has 0 amide bonds. The summed E-state index contributed by atoms with van der Waals surface area (Å²) in [5.74, 6) is 0.974. The lowest BCUT2D eigenvalue weighted by Crippen LogP contribution is -2.45. The molecule has 1 aliphatic rings. The molecule has 1 aliphatic heterocycles. The van der Waals surface area contributed by atoms with Crippen LogP contribution < -0.4 is 5.32 Å². The van der Waals surface area contributed by atoms with Crippen molar-refractivity contribution in [3.63, 3.8) is 0 Å². The third kappa shape index (κ3) is 3.73. The van der Waals surface area contributed by atoms with Crippen LogP contribution in [0.4, 0.5) is 0 Å². The molecule has 1 atom stereocenters. The van der Waals surface area contributed by atoms with E-state index in [1.807, 2.05) is 36.1 Å². The first-order valence-corrected chi connectivity index (χ1v) is 10.6. The Morgan fingerprint density at radius 1 is 1.13 bits per heavy atom. The predicted octanol–water partition coefficient (Wildman–Crippen LogP) is 5.69. The van der Waals surface area contributed by atoms with Crippen molar-refractivity contribution in [1.82, 2.24) is 20.4 Å². The number of allylic oxidation sites excluding steroid dienone is 1. The van der Waals surface area contributed by atoms with Gasteiger partial charge in [0.15, 0.2) is 5.11 Å². The van der Waals surface area contributed by atoms with Gasteiger partial charge in [-0.25, -0.2) is 0 Å². The normalized spacial score (nSPS) is 16.8. The van der Waals surface area contributed by atoms with Gasteiger partial charge in [-0.3, -0.25) is 0 Å². The zero-order valence-electron chi connectivity index (χ0n) is 17.4. The van der Waals surface area contributed by atoms with E-state index in [4.69, 9.17) is 33.3 Å². The Balaban J connectivity index is 1.83. The lowest BCUT2D eigenvalue weighted by Gasteiger charge is -2.36. The topological polar surface area (TPSA) is 54.2 Å². The predicted molar refractivity (Wildman–Crippen MR) is 124 cm³/mol. The van der Waals surface area contributed by atoms with Crippen LogP contribution in [-0.2, 0) is 0 Å². The number of thiocarbonyl (C=S) groups is 1. The third-order valence-electron chi connectivity index (χ3n) is 5.52. The molecule has 3 aromatic rings. The highest BCUT2D eigenvalue weighted by Gasteiger charge is 2.33. The van der Waals surface area contributed by atoms with Crippen LogP contribution in [0.1, 0.15) is 42.5 Å². The van der Waals surface area contributed by atoms with Crippen LogP contribution in [0.2, 0.25) is 5.02 Å². The zero-order chi connectivity index (χ0) is 21.4. The van der Waals surface area contributed by atoms with Crippen molar-refractivity contribution in [2.24, 2.45) is 0 Å². The fourth-order valence-electron chi connectivity index (χ4n) is 3.71. The minimum absolute atomic E-state index is 0.174. The Kier molecular flexibility index (Phi) is 5.62. The minimum Gasteiger partial charge on any atom is -0.351 e. The first kappa shape index (κ1) is 20.6. The highest BCUT2D eigenvalue weighted by atomic mass is 35.5. The Bertz CT molecular complexity index is 1150. The van der Waals surface area contributed by atoms with Crippen molar-refractivity contribution in [1.29, 1.82) is 0 Å². The molecule has 0 saturated carbocycles. The summed E-state index contributed by atoms with van der Waals surface area (Å²) in [6.07, 6.45) is 0. The van der Waals surface area contributed by atoms with E-state index < -0.39 is 0 Å².